The van der Waals surface area contributed by atoms with E-state index in [4.69, 9.17) is 5.73 Å². The molecule has 0 amide bonds. The quantitative estimate of drug-likeness (QED) is 0.628. The average molecular weight is 333 g/mol. The van der Waals surface area contributed by atoms with E-state index in [0.29, 0.717) is 5.92 Å². The van der Waals surface area contributed by atoms with Gasteiger partial charge in [0.15, 0.2) is 0 Å². The van der Waals surface area contributed by atoms with Crippen LogP contribution in [0.2, 0.25) is 0 Å². The Hall–Kier alpha value is -1.00. The van der Waals surface area contributed by atoms with E-state index in [1.165, 1.54) is 31.3 Å². The van der Waals surface area contributed by atoms with Gasteiger partial charge in [-0.1, -0.05) is 0 Å². The van der Waals surface area contributed by atoms with Crippen molar-refractivity contribution in [2.45, 2.75) is 28.7 Å². The van der Waals surface area contributed by atoms with E-state index >= 15 is 0 Å². The molecule has 0 aliphatic heterocycles. The predicted molar refractivity (Wildman–Crippen MR) is 78.6 cm³/mol. The highest BCUT2D eigenvalue weighted by molar-refractivity contribution is 7.90. The molecule has 0 bridgehead atoms. The van der Waals surface area contributed by atoms with Crippen LogP contribution in [0, 0.1) is 5.92 Å². The number of rotatable bonds is 7. The summed E-state index contributed by atoms with van der Waals surface area (Å²) < 4.78 is 51.9. The summed E-state index contributed by atoms with van der Waals surface area (Å²) in [5.74, 6) is 0.399. The topological polar surface area (TPSA) is 118 Å². The van der Waals surface area contributed by atoms with Gasteiger partial charge in [-0.2, -0.15) is 0 Å². The second-order valence-electron chi connectivity index (χ2n) is 5.03. The van der Waals surface area contributed by atoms with Crippen LogP contribution >= 0.6 is 0 Å². The fourth-order valence-electron chi connectivity index (χ4n) is 1.90. The molecule has 0 radical (unpaired) electrons. The molecular formula is C12H19N3O4S2. The van der Waals surface area contributed by atoms with Crippen molar-refractivity contribution in [1.29, 1.82) is 0 Å². The monoisotopic (exact) mass is 333 g/mol. The Bertz CT molecular complexity index is 695. The molecule has 0 aromatic heterocycles. The van der Waals surface area contributed by atoms with Crippen molar-refractivity contribution in [3.63, 3.8) is 0 Å². The molecule has 21 heavy (non-hydrogen) atoms. The molecule has 0 heterocycles. The Morgan fingerprint density at radius 3 is 2.00 bits per heavy atom. The van der Waals surface area contributed by atoms with Crippen molar-refractivity contribution in [3.8, 4) is 0 Å². The molecule has 2 rings (SSSR count). The minimum atomic E-state index is -3.68. The minimum absolute atomic E-state index is 0.0126. The largest absolute Gasteiger partial charge is 0.326 e. The van der Waals surface area contributed by atoms with E-state index in [1.54, 1.807) is 0 Å². The normalized spacial score (nSPS) is 17.6. The van der Waals surface area contributed by atoms with Gasteiger partial charge in [0.1, 0.15) is 0 Å². The lowest BCUT2D eigenvalue weighted by Gasteiger charge is -2.12. The first-order chi connectivity index (χ1) is 9.76. The predicted octanol–water partition coefficient (Wildman–Crippen LogP) is -0.390. The summed E-state index contributed by atoms with van der Waals surface area (Å²) in [6.07, 6.45) is 2.08. The third-order valence-electron chi connectivity index (χ3n) is 3.45. The van der Waals surface area contributed by atoms with Gasteiger partial charge < -0.3 is 5.73 Å². The van der Waals surface area contributed by atoms with Crippen molar-refractivity contribution in [3.05, 3.63) is 24.3 Å². The number of nitrogens with two attached hydrogens (primary N) is 1. The lowest BCUT2D eigenvalue weighted by molar-refractivity contribution is 0.547. The Balaban J connectivity index is 2.09. The molecular weight excluding hydrogens is 314 g/mol. The molecule has 1 atom stereocenters. The summed E-state index contributed by atoms with van der Waals surface area (Å²) >= 11 is 0. The smallest absolute Gasteiger partial charge is 0.240 e. The first kappa shape index (κ1) is 16.4. The standard InChI is InChI=1S/C12H19N3O4S2/c1-14-20(16,17)10-4-6-11(7-5-10)21(18,19)15-8-12(13)9-2-3-9/h4-7,9,12,14-15H,2-3,8,13H2,1H3. The summed E-state index contributed by atoms with van der Waals surface area (Å²) in [6.45, 7) is 0.184. The zero-order valence-electron chi connectivity index (χ0n) is 11.6. The van der Waals surface area contributed by atoms with E-state index in [0.717, 1.165) is 12.8 Å². The third kappa shape index (κ3) is 4.01. The SMILES string of the molecule is CNS(=O)(=O)c1ccc(S(=O)(=O)NCC(N)C2CC2)cc1. The fourth-order valence-corrected chi connectivity index (χ4v) is 3.70. The van der Waals surface area contributed by atoms with Gasteiger partial charge >= 0.3 is 0 Å². The molecule has 118 valence electrons. The van der Waals surface area contributed by atoms with Crippen LogP contribution in [0.5, 0.6) is 0 Å². The molecule has 0 saturated heterocycles. The van der Waals surface area contributed by atoms with Crippen molar-refractivity contribution < 1.29 is 16.8 Å². The van der Waals surface area contributed by atoms with E-state index in [9.17, 15) is 16.8 Å². The summed E-state index contributed by atoms with van der Waals surface area (Å²) in [4.78, 5) is 0.0270. The van der Waals surface area contributed by atoms with Gasteiger partial charge in [-0.25, -0.2) is 26.3 Å². The first-order valence-corrected chi connectivity index (χ1v) is 9.52. The molecule has 1 fully saturated rings. The molecule has 1 aliphatic rings. The molecule has 9 heteroatoms. The molecule has 1 aliphatic carbocycles. The highest BCUT2D eigenvalue weighted by atomic mass is 32.2. The molecule has 1 aromatic rings. The van der Waals surface area contributed by atoms with Gasteiger partial charge in [-0.15, -0.1) is 0 Å². The first-order valence-electron chi connectivity index (χ1n) is 6.55. The van der Waals surface area contributed by atoms with Crippen LogP contribution in [-0.4, -0.2) is 36.5 Å². The van der Waals surface area contributed by atoms with E-state index in [-0.39, 0.29) is 22.4 Å². The lowest BCUT2D eigenvalue weighted by Crippen LogP contribution is -2.38. The van der Waals surface area contributed by atoms with Gasteiger partial charge in [0, 0.05) is 12.6 Å². The molecule has 1 saturated carbocycles. The van der Waals surface area contributed by atoms with Gasteiger partial charge in [-0.05, 0) is 50.1 Å². The Morgan fingerprint density at radius 2 is 1.57 bits per heavy atom. The summed E-state index contributed by atoms with van der Waals surface area (Å²) in [7, 11) is -5.96. The van der Waals surface area contributed by atoms with Gasteiger partial charge in [0.25, 0.3) is 0 Å². The maximum absolute atomic E-state index is 12.1. The number of hydrogen-bond acceptors (Lipinski definition) is 5. The van der Waals surface area contributed by atoms with Crippen molar-refractivity contribution in [2.75, 3.05) is 13.6 Å². The van der Waals surface area contributed by atoms with Gasteiger partial charge in [-0.3, -0.25) is 0 Å². The van der Waals surface area contributed by atoms with Crippen molar-refractivity contribution in [1.82, 2.24) is 9.44 Å². The molecule has 7 nitrogen and oxygen atoms in total. The van der Waals surface area contributed by atoms with E-state index in [2.05, 4.69) is 9.44 Å². The highest BCUT2D eigenvalue weighted by Gasteiger charge is 2.29. The van der Waals surface area contributed by atoms with Gasteiger partial charge in [0.05, 0.1) is 9.79 Å². The zero-order chi connectivity index (χ0) is 15.7. The number of benzene rings is 1. The van der Waals surface area contributed by atoms with Crippen LogP contribution in [0.4, 0.5) is 0 Å². The molecule has 0 spiro atoms. The van der Waals surface area contributed by atoms with E-state index < -0.39 is 20.0 Å². The van der Waals surface area contributed by atoms with E-state index in [1.807, 2.05) is 0 Å². The zero-order valence-corrected chi connectivity index (χ0v) is 13.2. The number of hydrogen-bond donors (Lipinski definition) is 3. The van der Waals surface area contributed by atoms with Crippen molar-refractivity contribution in [2.24, 2.45) is 11.7 Å². The van der Waals surface area contributed by atoms with Crippen LogP contribution < -0.4 is 15.2 Å². The Kier molecular flexibility index (Phi) is 4.69. The van der Waals surface area contributed by atoms with Crippen LogP contribution in [0.25, 0.3) is 0 Å². The summed E-state index contributed by atoms with van der Waals surface area (Å²) in [5.41, 5.74) is 5.85. The molecule has 1 aromatic carbocycles. The minimum Gasteiger partial charge on any atom is -0.326 e. The number of sulfonamides is 2. The summed E-state index contributed by atoms with van der Waals surface area (Å²) in [6, 6.07) is 4.84. The number of nitrogens with one attached hydrogen (secondary N) is 2. The average Bonchev–Trinajstić information content (AvgIpc) is 3.29. The second-order valence-corrected chi connectivity index (χ2v) is 8.69. The summed E-state index contributed by atoms with van der Waals surface area (Å²) in [5, 5.41) is 0. The van der Waals surface area contributed by atoms with Crippen LogP contribution in [-0.2, 0) is 20.0 Å². The lowest BCUT2D eigenvalue weighted by atomic mass is 10.2. The van der Waals surface area contributed by atoms with Crippen LogP contribution in [0.1, 0.15) is 12.8 Å². The fraction of sp³-hybridized carbons (Fsp3) is 0.500. The highest BCUT2D eigenvalue weighted by Crippen LogP contribution is 2.31. The maximum atomic E-state index is 12.1. The maximum Gasteiger partial charge on any atom is 0.240 e. The molecule has 1 unspecified atom stereocenters. The Labute approximate surface area is 125 Å². The second kappa shape index (κ2) is 6.01. The Morgan fingerprint density at radius 1 is 1.10 bits per heavy atom. The van der Waals surface area contributed by atoms with Gasteiger partial charge in [0.2, 0.25) is 20.0 Å². The third-order valence-corrected chi connectivity index (χ3v) is 6.32. The van der Waals surface area contributed by atoms with Crippen molar-refractivity contribution >= 4 is 20.0 Å². The van der Waals surface area contributed by atoms with Crippen LogP contribution in [0.15, 0.2) is 34.1 Å². The molecule has 4 N–H and O–H groups in total. The van der Waals surface area contributed by atoms with Crippen LogP contribution in [0.3, 0.4) is 0 Å².